The van der Waals surface area contributed by atoms with E-state index < -0.39 is 0 Å². The highest BCUT2D eigenvalue weighted by atomic mass is 16.5. The standard InChI is InChI=1S/C16H16N2O2/c1-20-14-9-7-12(8-10-14)11-15(16(19)18-17)13-5-3-2-4-6-13/h2-11H,17H2,1H3,(H,18,19)/b15-11-. The predicted molar refractivity (Wildman–Crippen MR) is 79.6 cm³/mol. The topological polar surface area (TPSA) is 64.3 Å². The smallest absolute Gasteiger partial charge is 0.265 e. The number of methoxy groups -OCH3 is 1. The molecule has 0 atom stereocenters. The van der Waals surface area contributed by atoms with E-state index in [0.29, 0.717) is 5.57 Å². The fraction of sp³-hybridized carbons (Fsp3) is 0.0625. The summed E-state index contributed by atoms with van der Waals surface area (Å²) in [7, 11) is 1.61. The average molecular weight is 268 g/mol. The SMILES string of the molecule is COc1ccc(/C=C(\C(=O)NN)c2ccccc2)cc1. The van der Waals surface area contributed by atoms with Crippen molar-refractivity contribution >= 4 is 17.6 Å². The maximum atomic E-state index is 11.9. The summed E-state index contributed by atoms with van der Waals surface area (Å²) in [4.78, 5) is 11.9. The second-order valence-electron chi connectivity index (χ2n) is 4.17. The Kier molecular flexibility index (Phi) is 4.52. The first-order valence-corrected chi connectivity index (χ1v) is 6.16. The molecule has 0 saturated heterocycles. The van der Waals surface area contributed by atoms with Crippen molar-refractivity contribution in [3.63, 3.8) is 0 Å². The van der Waals surface area contributed by atoms with E-state index in [0.717, 1.165) is 16.9 Å². The van der Waals surface area contributed by atoms with Gasteiger partial charge in [0.1, 0.15) is 5.75 Å². The predicted octanol–water partition coefficient (Wildman–Crippen LogP) is 2.23. The lowest BCUT2D eigenvalue weighted by molar-refractivity contribution is -0.115. The number of hydrazine groups is 1. The van der Waals surface area contributed by atoms with Gasteiger partial charge < -0.3 is 4.74 Å². The molecule has 0 unspecified atom stereocenters. The molecule has 0 fully saturated rings. The molecule has 2 aromatic rings. The van der Waals surface area contributed by atoms with Gasteiger partial charge in [-0.2, -0.15) is 0 Å². The summed E-state index contributed by atoms with van der Waals surface area (Å²) < 4.78 is 5.11. The van der Waals surface area contributed by atoms with Crippen LogP contribution in [0.1, 0.15) is 11.1 Å². The van der Waals surface area contributed by atoms with Crippen molar-refractivity contribution in [3.8, 4) is 5.75 Å². The van der Waals surface area contributed by atoms with Gasteiger partial charge in [0.2, 0.25) is 0 Å². The van der Waals surface area contributed by atoms with E-state index in [4.69, 9.17) is 10.6 Å². The van der Waals surface area contributed by atoms with E-state index in [-0.39, 0.29) is 5.91 Å². The summed E-state index contributed by atoms with van der Waals surface area (Å²) in [5.41, 5.74) is 4.39. The lowest BCUT2D eigenvalue weighted by Crippen LogP contribution is -2.30. The van der Waals surface area contributed by atoms with Gasteiger partial charge in [0.05, 0.1) is 7.11 Å². The van der Waals surface area contributed by atoms with Crippen molar-refractivity contribution in [1.82, 2.24) is 5.43 Å². The van der Waals surface area contributed by atoms with Crippen LogP contribution >= 0.6 is 0 Å². The summed E-state index contributed by atoms with van der Waals surface area (Å²) in [5.74, 6) is 5.69. The Balaban J connectivity index is 2.40. The molecule has 0 radical (unpaired) electrons. The van der Waals surface area contributed by atoms with Crippen molar-refractivity contribution in [3.05, 3.63) is 65.7 Å². The number of carbonyl (C=O) groups excluding carboxylic acids is 1. The van der Waals surface area contributed by atoms with Crippen LogP contribution in [0.5, 0.6) is 5.75 Å². The third kappa shape index (κ3) is 3.24. The molecule has 2 rings (SSSR count). The first kappa shape index (κ1) is 13.8. The number of hydrogen-bond donors (Lipinski definition) is 2. The van der Waals surface area contributed by atoms with E-state index in [9.17, 15) is 4.79 Å². The Morgan fingerprint density at radius 3 is 2.30 bits per heavy atom. The van der Waals surface area contributed by atoms with E-state index in [2.05, 4.69) is 5.43 Å². The molecule has 0 aliphatic rings. The number of hydrogen-bond acceptors (Lipinski definition) is 3. The second kappa shape index (κ2) is 6.54. The van der Waals surface area contributed by atoms with Gasteiger partial charge in [-0.1, -0.05) is 42.5 Å². The van der Waals surface area contributed by atoms with Gasteiger partial charge in [0.15, 0.2) is 0 Å². The van der Waals surface area contributed by atoms with Crippen molar-refractivity contribution < 1.29 is 9.53 Å². The first-order valence-electron chi connectivity index (χ1n) is 6.16. The van der Waals surface area contributed by atoms with Crippen molar-refractivity contribution in [2.45, 2.75) is 0 Å². The largest absolute Gasteiger partial charge is 0.497 e. The van der Waals surface area contributed by atoms with Crippen molar-refractivity contribution in [1.29, 1.82) is 0 Å². The van der Waals surface area contributed by atoms with Crippen LogP contribution in [-0.2, 0) is 4.79 Å². The molecular weight excluding hydrogens is 252 g/mol. The van der Waals surface area contributed by atoms with Gasteiger partial charge in [-0.3, -0.25) is 10.2 Å². The monoisotopic (exact) mass is 268 g/mol. The van der Waals surface area contributed by atoms with Gasteiger partial charge in [-0.25, -0.2) is 5.84 Å². The maximum absolute atomic E-state index is 11.9. The van der Waals surface area contributed by atoms with Gasteiger partial charge in [0.25, 0.3) is 5.91 Å². The fourth-order valence-electron chi connectivity index (χ4n) is 1.84. The minimum absolute atomic E-state index is 0.327. The van der Waals surface area contributed by atoms with Crippen molar-refractivity contribution in [2.75, 3.05) is 7.11 Å². The van der Waals surface area contributed by atoms with Gasteiger partial charge >= 0.3 is 0 Å². The highest BCUT2D eigenvalue weighted by Crippen LogP contribution is 2.20. The van der Waals surface area contributed by atoms with E-state index in [1.165, 1.54) is 0 Å². The summed E-state index contributed by atoms with van der Waals surface area (Å²) in [6, 6.07) is 16.8. The molecule has 0 aliphatic heterocycles. The van der Waals surface area contributed by atoms with Crippen LogP contribution in [0.3, 0.4) is 0 Å². The van der Waals surface area contributed by atoms with Crippen LogP contribution in [0.4, 0.5) is 0 Å². The molecular formula is C16H16N2O2. The molecule has 2 aromatic carbocycles. The second-order valence-corrected chi connectivity index (χ2v) is 4.17. The Morgan fingerprint density at radius 2 is 1.75 bits per heavy atom. The molecule has 0 heterocycles. The normalized spacial score (nSPS) is 11.0. The third-order valence-electron chi connectivity index (χ3n) is 2.89. The number of benzene rings is 2. The number of nitrogens with two attached hydrogens (primary N) is 1. The summed E-state index contributed by atoms with van der Waals surface area (Å²) in [6.45, 7) is 0. The molecule has 0 aromatic heterocycles. The molecule has 1 amide bonds. The third-order valence-corrected chi connectivity index (χ3v) is 2.89. The molecule has 4 heteroatoms. The van der Waals surface area contributed by atoms with Crippen LogP contribution in [0.15, 0.2) is 54.6 Å². The quantitative estimate of drug-likeness (QED) is 0.294. The van der Waals surface area contributed by atoms with Crippen molar-refractivity contribution in [2.24, 2.45) is 5.84 Å². The van der Waals surface area contributed by atoms with Crippen LogP contribution < -0.4 is 16.0 Å². The lowest BCUT2D eigenvalue weighted by Gasteiger charge is -2.07. The van der Waals surface area contributed by atoms with E-state index in [1.54, 1.807) is 13.2 Å². The summed E-state index contributed by atoms with van der Waals surface area (Å²) in [6.07, 6.45) is 1.79. The molecule has 3 N–H and O–H groups in total. The minimum atomic E-state index is -0.327. The Bertz CT molecular complexity index is 604. The zero-order valence-electron chi connectivity index (χ0n) is 11.2. The molecule has 4 nitrogen and oxygen atoms in total. The highest BCUT2D eigenvalue weighted by molar-refractivity contribution is 6.24. The Morgan fingerprint density at radius 1 is 1.10 bits per heavy atom. The van der Waals surface area contributed by atoms with Crippen LogP contribution in [0.2, 0.25) is 0 Å². The zero-order valence-corrected chi connectivity index (χ0v) is 11.2. The van der Waals surface area contributed by atoms with Crippen LogP contribution in [0.25, 0.3) is 11.6 Å². The van der Waals surface area contributed by atoms with E-state index >= 15 is 0 Å². The zero-order chi connectivity index (χ0) is 14.4. The summed E-state index contributed by atoms with van der Waals surface area (Å²) >= 11 is 0. The van der Waals surface area contributed by atoms with Gasteiger partial charge in [0, 0.05) is 5.57 Å². The summed E-state index contributed by atoms with van der Waals surface area (Å²) in [5, 5.41) is 0. The van der Waals surface area contributed by atoms with Crippen LogP contribution in [0, 0.1) is 0 Å². The Hall–Kier alpha value is -2.59. The number of nitrogens with one attached hydrogen (secondary N) is 1. The van der Waals surface area contributed by atoms with Crippen LogP contribution in [-0.4, -0.2) is 13.0 Å². The maximum Gasteiger partial charge on any atom is 0.265 e. The molecule has 0 spiro atoms. The number of rotatable bonds is 4. The average Bonchev–Trinajstić information content (AvgIpc) is 2.53. The number of ether oxygens (including phenoxy) is 1. The first-order chi connectivity index (χ1) is 9.74. The Labute approximate surface area is 117 Å². The minimum Gasteiger partial charge on any atom is -0.497 e. The lowest BCUT2D eigenvalue weighted by atomic mass is 10.0. The molecule has 0 aliphatic carbocycles. The molecule has 20 heavy (non-hydrogen) atoms. The molecule has 0 saturated carbocycles. The molecule has 0 bridgehead atoms. The highest BCUT2D eigenvalue weighted by Gasteiger charge is 2.10. The molecule has 102 valence electrons. The number of amides is 1. The number of carbonyl (C=O) groups is 1. The van der Waals surface area contributed by atoms with Gasteiger partial charge in [-0.15, -0.1) is 0 Å². The fourth-order valence-corrected chi connectivity index (χ4v) is 1.84. The van der Waals surface area contributed by atoms with E-state index in [1.807, 2.05) is 54.6 Å². The van der Waals surface area contributed by atoms with Gasteiger partial charge in [-0.05, 0) is 29.3 Å².